The maximum atomic E-state index is 12.1. The van der Waals surface area contributed by atoms with Crippen molar-refractivity contribution < 1.29 is 38.9 Å². The van der Waals surface area contributed by atoms with Crippen LogP contribution in [0.1, 0.15) is 41.4 Å². The van der Waals surface area contributed by atoms with Crippen LogP contribution in [0.4, 0.5) is 0 Å². The number of amides is 4. The van der Waals surface area contributed by atoms with E-state index in [1.807, 2.05) is 0 Å². The van der Waals surface area contributed by atoms with Crippen LogP contribution < -0.4 is 5.32 Å². The molecule has 0 bridgehead atoms. The third-order valence-corrected chi connectivity index (χ3v) is 6.21. The lowest BCUT2D eigenvalue weighted by atomic mass is 10.1. The first-order valence-electron chi connectivity index (χ1n) is 12.7. The van der Waals surface area contributed by atoms with E-state index in [1.165, 1.54) is 23.1 Å². The SMILES string of the molecule is C=CC(O)C=C.C=C[C@@H](O)[C@@H]1CO1.C=C[C@@H]([C@@H]1CO1)N1C(=O)c2ccccc2C1=O.O=C1NC(=O)c2ccccc21. The van der Waals surface area contributed by atoms with Gasteiger partial charge in [-0.15, -0.1) is 26.3 Å². The highest BCUT2D eigenvalue weighted by atomic mass is 16.6. The van der Waals surface area contributed by atoms with Crippen LogP contribution in [0.25, 0.3) is 0 Å². The molecule has 4 aliphatic heterocycles. The van der Waals surface area contributed by atoms with Crippen molar-refractivity contribution >= 4 is 23.6 Å². The Morgan fingerprint density at radius 2 is 1.12 bits per heavy atom. The predicted octanol–water partition coefficient (Wildman–Crippen LogP) is 2.46. The minimum atomic E-state index is -0.537. The number of carbonyl (C=O) groups excluding carboxylic acids is 4. The fraction of sp³-hybridized carbons (Fsp3) is 0.226. The number of carbonyl (C=O) groups is 4. The van der Waals surface area contributed by atoms with Crippen molar-refractivity contribution in [1.29, 1.82) is 0 Å². The van der Waals surface area contributed by atoms with Crippen molar-refractivity contribution in [2.45, 2.75) is 30.5 Å². The molecule has 4 atom stereocenters. The minimum Gasteiger partial charge on any atom is -0.386 e. The van der Waals surface area contributed by atoms with Gasteiger partial charge in [0.25, 0.3) is 23.6 Å². The molecule has 10 heteroatoms. The number of rotatable bonds is 7. The number of epoxide rings is 2. The second kappa shape index (κ2) is 14.2. The summed E-state index contributed by atoms with van der Waals surface area (Å²) in [6.07, 6.45) is 4.88. The van der Waals surface area contributed by atoms with Crippen LogP contribution in [-0.4, -0.2) is 82.4 Å². The molecule has 10 nitrogen and oxygen atoms in total. The average molecular weight is 561 g/mol. The molecular weight excluding hydrogens is 528 g/mol. The normalized spacial score (nSPS) is 20.3. The number of ether oxygens (including phenoxy) is 2. The molecule has 6 rings (SSSR count). The molecule has 2 aromatic rings. The van der Waals surface area contributed by atoms with Gasteiger partial charge in [-0.1, -0.05) is 48.6 Å². The van der Waals surface area contributed by atoms with Gasteiger partial charge in [-0.2, -0.15) is 0 Å². The van der Waals surface area contributed by atoms with Gasteiger partial charge < -0.3 is 19.7 Å². The number of fused-ring (bicyclic) bond motifs is 2. The molecule has 214 valence electrons. The van der Waals surface area contributed by atoms with E-state index in [0.29, 0.717) is 35.5 Å². The van der Waals surface area contributed by atoms with E-state index in [0.717, 1.165) is 0 Å². The number of hydrogen-bond acceptors (Lipinski definition) is 8. The quantitative estimate of drug-likeness (QED) is 0.266. The topological polar surface area (TPSA) is 149 Å². The molecule has 4 amide bonds. The zero-order valence-electron chi connectivity index (χ0n) is 22.3. The summed E-state index contributed by atoms with van der Waals surface area (Å²) in [7, 11) is 0. The van der Waals surface area contributed by atoms with Crippen LogP contribution in [0.5, 0.6) is 0 Å². The maximum absolute atomic E-state index is 12.1. The molecular formula is C31H32N2O8. The van der Waals surface area contributed by atoms with Crippen LogP contribution >= 0.6 is 0 Å². The van der Waals surface area contributed by atoms with Crippen LogP contribution in [-0.2, 0) is 9.47 Å². The summed E-state index contributed by atoms with van der Waals surface area (Å²) in [6.45, 7) is 14.9. The van der Waals surface area contributed by atoms with Gasteiger partial charge in [-0.3, -0.25) is 29.4 Å². The first-order chi connectivity index (χ1) is 19.7. The third kappa shape index (κ3) is 7.80. The van der Waals surface area contributed by atoms with E-state index in [1.54, 1.807) is 54.6 Å². The Kier molecular flexibility index (Phi) is 10.8. The molecule has 2 saturated heterocycles. The molecule has 3 N–H and O–H groups in total. The first-order valence-corrected chi connectivity index (χ1v) is 12.7. The fourth-order valence-electron chi connectivity index (χ4n) is 3.77. The molecule has 41 heavy (non-hydrogen) atoms. The second-order valence-electron chi connectivity index (χ2n) is 9.01. The molecule has 0 radical (unpaired) electrons. The van der Waals surface area contributed by atoms with Gasteiger partial charge in [0.05, 0.1) is 47.6 Å². The van der Waals surface area contributed by atoms with E-state index in [9.17, 15) is 19.2 Å². The summed E-state index contributed by atoms with van der Waals surface area (Å²) < 4.78 is 9.89. The van der Waals surface area contributed by atoms with Crippen molar-refractivity contribution in [1.82, 2.24) is 10.2 Å². The molecule has 4 aliphatic rings. The number of nitrogens with one attached hydrogen (secondary N) is 1. The van der Waals surface area contributed by atoms with Gasteiger partial charge in [0.15, 0.2) is 0 Å². The smallest absolute Gasteiger partial charge is 0.262 e. The Bertz CT molecular complexity index is 1270. The zero-order chi connectivity index (χ0) is 30.1. The molecule has 0 aromatic heterocycles. The Labute approximate surface area is 237 Å². The van der Waals surface area contributed by atoms with E-state index in [-0.39, 0.29) is 41.9 Å². The molecule has 0 aliphatic carbocycles. The van der Waals surface area contributed by atoms with E-state index >= 15 is 0 Å². The number of hydrogen-bond donors (Lipinski definition) is 3. The average Bonchev–Trinajstić information content (AvgIpc) is 3.94. The number of nitrogens with zero attached hydrogens (tertiary/aromatic N) is 1. The summed E-state index contributed by atoms with van der Waals surface area (Å²) in [4.78, 5) is 47.4. The summed E-state index contributed by atoms with van der Waals surface area (Å²) in [5, 5.41) is 19.4. The summed E-state index contributed by atoms with van der Waals surface area (Å²) in [5.74, 6) is -1.12. The molecule has 0 unspecified atom stereocenters. The Morgan fingerprint density at radius 1 is 0.707 bits per heavy atom. The van der Waals surface area contributed by atoms with Crippen LogP contribution in [0, 0.1) is 0 Å². The predicted molar refractivity (Wildman–Crippen MR) is 151 cm³/mol. The largest absolute Gasteiger partial charge is 0.386 e. The number of imide groups is 2. The van der Waals surface area contributed by atoms with Gasteiger partial charge in [-0.25, -0.2) is 0 Å². The Balaban J connectivity index is 0.000000166. The lowest BCUT2D eigenvalue weighted by Crippen LogP contribution is -2.41. The second-order valence-corrected chi connectivity index (χ2v) is 9.01. The zero-order valence-corrected chi connectivity index (χ0v) is 22.3. The van der Waals surface area contributed by atoms with Crippen molar-refractivity contribution in [3.63, 3.8) is 0 Å². The lowest BCUT2D eigenvalue weighted by Gasteiger charge is -2.21. The van der Waals surface area contributed by atoms with Gasteiger partial charge in [0.2, 0.25) is 0 Å². The van der Waals surface area contributed by atoms with E-state index in [4.69, 9.17) is 19.7 Å². The molecule has 0 spiro atoms. The van der Waals surface area contributed by atoms with Crippen LogP contribution in [0.15, 0.2) is 99.2 Å². The maximum Gasteiger partial charge on any atom is 0.262 e. The van der Waals surface area contributed by atoms with Gasteiger partial charge in [-0.05, 0) is 24.3 Å². The van der Waals surface area contributed by atoms with Crippen LogP contribution in [0.3, 0.4) is 0 Å². The lowest BCUT2D eigenvalue weighted by molar-refractivity contribution is 0.0593. The molecule has 4 heterocycles. The van der Waals surface area contributed by atoms with Gasteiger partial charge >= 0.3 is 0 Å². The number of benzene rings is 2. The molecule has 0 saturated carbocycles. The summed E-state index contributed by atoms with van der Waals surface area (Å²) >= 11 is 0. The minimum absolute atomic E-state index is 0.0532. The number of aliphatic hydroxyl groups is 2. The third-order valence-electron chi connectivity index (χ3n) is 6.21. The number of aliphatic hydroxyl groups excluding tert-OH is 2. The van der Waals surface area contributed by atoms with E-state index in [2.05, 4.69) is 31.6 Å². The van der Waals surface area contributed by atoms with Crippen molar-refractivity contribution in [2.24, 2.45) is 0 Å². The monoisotopic (exact) mass is 560 g/mol. The first kappa shape index (κ1) is 31.1. The van der Waals surface area contributed by atoms with Gasteiger partial charge in [0.1, 0.15) is 18.3 Å². The Morgan fingerprint density at radius 3 is 1.41 bits per heavy atom. The molecule has 2 aromatic carbocycles. The summed E-state index contributed by atoms with van der Waals surface area (Å²) in [5.41, 5.74) is 1.87. The Hall–Kier alpha value is -4.48. The van der Waals surface area contributed by atoms with Crippen molar-refractivity contribution in [3.8, 4) is 0 Å². The highest BCUT2D eigenvalue weighted by molar-refractivity contribution is 6.22. The highest BCUT2D eigenvalue weighted by Gasteiger charge is 2.45. The molecule has 2 fully saturated rings. The van der Waals surface area contributed by atoms with Gasteiger partial charge in [0, 0.05) is 0 Å². The summed E-state index contributed by atoms with van der Waals surface area (Å²) in [6, 6.07) is 13.2. The van der Waals surface area contributed by atoms with Crippen molar-refractivity contribution in [3.05, 3.63) is 121 Å². The van der Waals surface area contributed by atoms with E-state index < -0.39 is 12.2 Å². The fourth-order valence-corrected chi connectivity index (χ4v) is 3.77. The van der Waals surface area contributed by atoms with Crippen LogP contribution in [0.2, 0.25) is 0 Å². The van der Waals surface area contributed by atoms with Crippen molar-refractivity contribution in [2.75, 3.05) is 13.2 Å². The standard InChI is InChI=1S/C13H11NO3.C8H5NO2.C5H8O2.C5H8O/c1-2-10(11-7-17-11)14-12(15)8-5-3-4-6-9(8)13(14)16;10-7-5-3-1-2-4-6(5)8(11)9-7;1-2-4(6)5-3-7-5;1-3-5(6)4-2/h2-6,10-11H,1,7H2;1-4H,(H,9,10,11);2,4-6H,1,3H2;3-6H,1-2H2/t10-,11-;;4-,5+;/m0.1./s1. The highest BCUT2D eigenvalue weighted by Crippen LogP contribution is 2.29.